The third-order valence-corrected chi connectivity index (χ3v) is 4.72. The third-order valence-electron chi connectivity index (χ3n) is 2.99. The van der Waals surface area contributed by atoms with Gasteiger partial charge in [-0.15, -0.1) is 0 Å². The van der Waals surface area contributed by atoms with Crippen LogP contribution in [0.15, 0.2) is 0 Å². The molecule has 1 amide bonds. The lowest BCUT2D eigenvalue weighted by atomic mass is 9.87. The van der Waals surface area contributed by atoms with Gasteiger partial charge in [0, 0.05) is 0 Å². The molecule has 0 aromatic heterocycles. The van der Waals surface area contributed by atoms with Crippen LogP contribution in [0.5, 0.6) is 0 Å². The minimum Gasteiger partial charge on any atom is -0.263 e. The van der Waals surface area contributed by atoms with Gasteiger partial charge in [-0.25, -0.2) is 13.1 Å². The first-order valence-electron chi connectivity index (χ1n) is 4.95. The molecule has 1 rings (SSSR count). The van der Waals surface area contributed by atoms with Gasteiger partial charge >= 0.3 is 6.41 Å². The van der Waals surface area contributed by atoms with Gasteiger partial charge in [-0.1, -0.05) is 19.3 Å². The largest absolute Gasteiger partial charge is 0.323 e. The summed E-state index contributed by atoms with van der Waals surface area (Å²) in [6, 6.07) is 0. The molecule has 5 heteroatoms. The summed E-state index contributed by atoms with van der Waals surface area (Å²) in [5.41, 5.74) is 0. The first kappa shape index (κ1) is 11.5. The van der Waals surface area contributed by atoms with Crippen LogP contribution in [-0.2, 0) is 14.8 Å². The molecule has 0 aromatic carbocycles. The molecule has 0 bridgehead atoms. The van der Waals surface area contributed by atoms with Gasteiger partial charge in [0.05, 0.1) is 5.25 Å². The summed E-state index contributed by atoms with van der Waals surface area (Å²) < 4.78 is 24.7. The maximum Gasteiger partial charge on any atom is 0.323 e. The van der Waals surface area contributed by atoms with Crippen LogP contribution in [0, 0.1) is 5.92 Å². The maximum absolute atomic E-state index is 11.5. The Morgan fingerprint density at radius 3 is 2.36 bits per heavy atom. The highest BCUT2D eigenvalue weighted by Gasteiger charge is 2.29. The predicted molar refractivity (Wildman–Crippen MR) is 53.8 cm³/mol. The second-order valence-corrected chi connectivity index (χ2v) is 5.89. The summed E-state index contributed by atoms with van der Waals surface area (Å²) in [4.78, 5) is 9.99. The summed E-state index contributed by atoms with van der Waals surface area (Å²) in [5, 5.41) is -0.482. The van der Waals surface area contributed by atoms with E-state index in [2.05, 4.69) is 0 Å². The van der Waals surface area contributed by atoms with Gasteiger partial charge in [-0.2, -0.15) is 0 Å². The smallest absolute Gasteiger partial charge is 0.263 e. The van der Waals surface area contributed by atoms with Gasteiger partial charge in [0.25, 0.3) is 0 Å². The molecule has 1 aliphatic rings. The van der Waals surface area contributed by atoms with Crippen molar-refractivity contribution in [3.05, 3.63) is 0 Å². The fraction of sp³-hybridized carbons (Fsp3) is 0.889. The molecule has 1 fully saturated rings. The maximum atomic E-state index is 11.5. The van der Waals surface area contributed by atoms with Crippen molar-refractivity contribution in [2.75, 3.05) is 0 Å². The van der Waals surface area contributed by atoms with Crippen molar-refractivity contribution in [3.63, 3.8) is 0 Å². The quantitative estimate of drug-likeness (QED) is 0.714. The summed E-state index contributed by atoms with van der Waals surface area (Å²) in [7, 11) is -3.48. The summed E-state index contributed by atoms with van der Waals surface area (Å²) in [5.74, 6) is 0.189. The minimum atomic E-state index is -3.48. The monoisotopic (exact) mass is 218 g/mol. The van der Waals surface area contributed by atoms with Crippen molar-refractivity contribution >= 4 is 16.4 Å². The van der Waals surface area contributed by atoms with E-state index < -0.39 is 15.3 Å². The second-order valence-electron chi connectivity index (χ2n) is 3.85. The zero-order valence-electron chi connectivity index (χ0n) is 8.32. The number of rotatable bonds is 4. The van der Waals surface area contributed by atoms with E-state index in [4.69, 9.17) is 0 Å². The zero-order chi connectivity index (χ0) is 10.6. The Balaban J connectivity index is 2.62. The Hall–Kier alpha value is -0.580. The Labute approximate surface area is 85.1 Å². The number of amides is 1. The summed E-state index contributed by atoms with van der Waals surface area (Å²) >= 11 is 0. The van der Waals surface area contributed by atoms with Crippen LogP contribution in [0.1, 0.15) is 39.0 Å². The average molecular weight is 218 g/mol. The molecular weight excluding hydrogens is 202 g/mol. The fourth-order valence-electron chi connectivity index (χ4n) is 2.01. The van der Waals surface area contributed by atoms with E-state index in [0.717, 1.165) is 25.7 Å². The van der Waals surface area contributed by atoms with E-state index in [1.807, 2.05) is 0 Å². The topological polar surface area (TPSA) is 63.2 Å². The fourth-order valence-corrected chi connectivity index (χ4v) is 3.09. The molecule has 1 radical (unpaired) electrons. The van der Waals surface area contributed by atoms with Gasteiger partial charge in [0.15, 0.2) is 0 Å². The molecule has 14 heavy (non-hydrogen) atoms. The average Bonchev–Trinajstić information content (AvgIpc) is 2.18. The number of nitrogens with one attached hydrogen (secondary N) is 1. The standard InChI is InChI=1S/C9H16NO3S/c1-8(14(12,13)10-7-11)9-5-3-2-4-6-9/h8-9H,2-6H2,1H3,(H,10,11). The predicted octanol–water partition coefficient (Wildman–Crippen LogP) is 0.942. The first-order chi connectivity index (χ1) is 6.58. The number of carbonyl (C=O) groups excluding carboxylic acids is 1. The van der Waals surface area contributed by atoms with Crippen LogP contribution in [0.2, 0.25) is 0 Å². The van der Waals surface area contributed by atoms with E-state index >= 15 is 0 Å². The molecular formula is C9H16NO3S. The van der Waals surface area contributed by atoms with Crippen molar-refractivity contribution in [2.24, 2.45) is 5.92 Å². The van der Waals surface area contributed by atoms with Gasteiger partial charge < -0.3 is 0 Å². The Bertz CT molecular complexity index is 280. The molecule has 1 N–H and O–H groups in total. The van der Waals surface area contributed by atoms with Crippen LogP contribution in [-0.4, -0.2) is 20.1 Å². The molecule has 0 spiro atoms. The molecule has 4 nitrogen and oxygen atoms in total. The van der Waals surface area contributed by atoms with Crippen LogP contribution < -0.4 is 4.72 Å². The van der Waals surface area contributed by atoms with E-state index in [-0.39, 0.29) is 5.92 Å². The number of hydrogen-bond donors (Lipinski definition) is 1. The summed E-state index contributed by atoms with van der Waals surface area (Å²) in [6.07, 6.45) is 6.51. The van der Waals surface area contributed by atoms with Crippen molar-refractivity contribution in [1.82, 2.24) is 4.72 Å². The lowest BCUT2D eigenvalue weighted by Gasteiger charge is -2.26. The number of hydrogen-bond acceptors (Lipinski definition) is 3. The SMILES string of the molecule is CC(C1CCCCC1)S(=O)(=O)N[C]=O. The van der Waals surface area contributed by atoms with Crippen LogP contribution in [0.4, 0.5) is 0 Å². The molecule has 0 saturated heterocycles. The van der Waals surface area contributed by atoms with E-state index in [1.165, 1.54) is 12.8 Å². The van der Waals surface area contributed by atoms with Crippen LogP contribution >= 0.6 is 0 Å². The second kappa shape index (κ2) is 4.77. The molecule has 0 aromatic rings. The highest BCUT2D eigenvalue weighted by molar-refractivity contribution is 7.90. The summed E-state index contributed by atoms with van der Waals surface area (Å²) in [6.45, 7) is 1.66. The molecule has 1 atom stereocenters. The lowest BCUT2D eigenvalue weighted by Crippen LogP contribution is -2.37. The normalized spacial score (nSPS) is 21.5. The van der Waals surface area contributed by atoms with Crippen molar-refractivity contribution < 1.29 is 13.2 Å². The lowest BCUT2D eigenvalue weighted by molar-refractivity contribution is 0.348. The number of sulfonamides is 1. The van der Waals surface area contributed by atoms with Crippen molar-refractivity contribution in [2.45, 2.75) is 44.3 Å². The molecule has 1 saturated carbocycles. The third kappa shape index (κ3) is 2.70. The molecule has 0 aliphatic heterocycles. The Kier molecular flexibility index (Phi) is 3.92. The molecule has 1 aliphatic carbocycles. The zero-order valence-corrected chi connectivity index (χ0v) is 9.14. The van der Waals surface area contributed by atoms with Crippen LogP contribution in [0.25, 0.3) is 0 Å². The van der Waals surface area contributed by atoms with Gasteiger partial charge in [-0.3, -0.25) is 4.79 Å². The highest BCUT2D eigenvalue weighted by Crippen LogP contribution is 2.29. The molecule has 81 valence electrons. The highest BCUT2D eigenvalue weighted by atomic mass is 32.2. The minimum absolute atomic E-state index is 0.189. The van der Waals surface area contributed by atoms with Crippen molar-refractivity contribution in [3.8, 4) is 0 Å². The van der Waals surface area contributed by atoms with E-state index in [0.29, 0.717) is 0 Å². The van der Waals surface area contributed by atoms with Crippen LogP contribution in [0.3, 0.4) is 0 Å². The van der Waals surface area contributed by atoms with Gasteiger partial charge in [0.2, 0.25) is 10.0 Å². The van der Waals surface area contributed by atoms with Gasteiger partial charge in [-0.05, 0) is 25.7 Å². The first-order valence-corrected chi connectivity index (χ1v) is 6.50. The Morgan fingerprint density at radius 1 is 1.29 bits per heavy atom. The van der Waals surface area contributed by atoms with E-state index in [9.17, 15) is 13.2 Å². The van der Waals surface area contributed by atoms with Crippen molar-refractivity contribution in [1.29, 1.82) is 0 Å². The van der Waals surface area contributed by atoms with Gasteiger partial charge in [0.1, 0.15) is 0 Å². The Morgan fingerprint density at radius 2 is 1.86 bits per heavy atom. The van der Waals surface area contributed by atoms with E-state index in [1.54, 1.807) is 11.6 Å². The molecule has 1 unspecified atom stereocenters. The molecule has 0 heterocycles.